The van der Waals surface area contributed by atoms with Crippen molar-refractivity contribution in [3.63, 3.8) is 0 Å². The predicted octanol–water partition coefficient (Wildman–Crippen LogP) is 3.00. The molecule has 0 aliphatic rings. The molecule has 1 heterocycles. The van der Waals surface area contributed by atoms with Crippen molar-refractivity contribution in [1.29, 1.82) is 0 Å². The summed E-state index contributed by atoms with van der Waals surface area (Å²) in [7, 11) is 0. The summed E-state index contributed by atoms with van der Waals surface area (Å²) in [5.41, 5.74) is 2.10. The van der Waals surface area contributed by atoms with Gasteiger partial charge in [-0.05, 0) is 25.8 Å². The van der Waals surface area contributed by atoms with Gasteiger partial charge < -0.3 is 5.32 Å². The van der Waals surface area contributed by atoms with E-state index >= 15 is 0 Å². The van der Waals surface area contributed by atoms with Crippen molar-refractivity contribution in [2.45, 2.75) is 40.2 Å². The third-order valence-electron chi connectivity index (χ3n) is 3.28. The van der Waals surface area contributed by atoms with Gasteiger partial charge in [0.15, 0.2) is 0 Å². The van der Waals surface area contributed by atoms with Crippen LogP contribution in [0.1, 0.15) is 32.8 Å². The lowest BCUT2D eigenvalue weighted by Gasteiger charge is -2.13. The van der Waals surface area contributed by atoms with E-state index in [1.807, 2.05) is 45.0 Å². The van der Waals surface area contributed by atoms with Crippen LogP contribution in [0.5, 0.6) is 0 Å². The van der Waals surface area contributed by atoms with Crippen LogP contribution in [0.4, 0.5) is 5.13 Å². The highest BCUT2D eigenvalue weighted by Crippen LogP contribution is 2.26. The molecule has 0 radical (unpaired) electrons. The molecule has 0 aliphatic carbocycles. The van der Waals surface area contributed by atoms with E-state index in [1.54, 1.807) is 6.92 Å². The third kappa shape index (κ3) is 5.13. The number of amides is 2. The Morgan fingerprint density at radius 1 is 1.21 bits per heavy atom. The summed E-state index contributed by atoms with van der Waals surface area (Å²) in [6.07, 6.45) is 0.397. The summed E-state index contributed by atoms with van der Waals surface area (Å²) in [5, 5.41) is 14.6. The second-order valence-corrected chi connectivity index (χ2v) is 7.14. The average Bonchev–Trinajstić information content (AvgIpc) is 2.94. The number of carbonyl (C=O) groups excluding carboxylic acids is 2. The topological polar surface area (TPSA) is 84.0 Å². The fraction of sp³-hybridized carbons (Fsp3) is 0.412. The maximum atomic E-state index is 12.1. The molecule has 1 atom stereocenters. The van der Waals surface area contributed by atoms with E-state index in [9.17, 15) is 9.59 Å². The van der Waals surface area contributed by atoms with Gasteiger partial charge in [-0.1, -0.05) is 48.9 Å². The molecule has 1 aromatic carbocycles. The van der Waals surface area contributed by atoms with Crippen LogP contribution in [-0.2, 0) is 9.59 Å². The lowest BCUT2D eigenvalue weighted by molar-refractivity contribution is -0.126. The van der Waals surface area contributed by atoms with Crippen molar-refractivity contribution >= 4 is 28.3 Å². The smallest absolute Gasteiger partial charge is 0.248 e. The van der Waals surface area contributed by atoms with Gasteiger partial charge in [0, 0.05) is 12.0 Å². The molecular weight excluding hydrogens is 324 g/mol. The zero-order valence-electron chi connectivity index (χ0n) is 14.3. The van der Waals surface area contributed by atoms with Gasteiger partial charge in [-0.2, -0.15) is 0 Å². The molecule has 1 aromatic heterocycles. The van der Waals surface area contributed by atoms with Crippen molar-refractivity contribution in [2.75, 3.05) is 5.32 Å². The summed E-state index contributed by atoms with van der Waals surface area (Å²) >= 11 is 1.30. The largest absolute Gasteiger partial charge is 0.345 e. The Morgan fingerprint density at radius 2 is 1.96 bits per heavy atom. The molecule has 1 unspecified atom stereocenters. The Bertz CT molecular complexity index is 727. The Hall–Kier alpha value is -2.28. The fourth-order valence-electron chi connectivity index (χ4n) is 2.12. The fourth-order valence-corrected chi connectivity index (χ4v) is 2.86. The molecule has 0 spiro atoms. The summed E-state index contributed by atoms with van der Waals surface area (Å²) in [5.74, 6) is -0.190. The van der Waals surface area contributed by atoms with Crippen LogP contribution < -0.4 is 10.6 Å². The van der Waals surface area contributed by atoms with Crippen molar-refractivity contribution in [3.05, 3.63) is 29.8 Å². The molecule has 6 nitrogen and oxygen atoms in total. The maximum Gasteiger partial charge on any atom is 0.248 e. The van der Waals surface area contributed by atoms with Crippen LogP contribution in [0.15, 0.2) is 24.3 Å². The molecule has 24 heavy (non-hydrogen) atoms. The number of aryl methyl sites for hydroxylation is 1. The quantitative estimate of drug-likeness (QED) is 0.842. The first-order valence-corrected chi connectivity index (χ1v) is 8.67. The lowest BCUT2D eigenvalue weighted by atomic mass is 10.1. The normalized spacial score (nSPS) is 12.0. The number of nitrogens with one attached hydrogen (secondary N) is 2. The summed E-state index contributed by atoms with van der Waals surface area (Å²) in [6.45, 7) is 7.57. The molecule has 2 amide bonds. The molecule has 0 bridgehead atoms. The SMILES string of the molecule is Cc1cccc(-c2nnc(NC(=O)C(C)NC(=O)CC(C)C)s2)c1. The van der Waals surface area contributed by atoms with Crippen LogP contribution in [0.3, 0.4) is 0 Å². The third-order valence-corrected chi connectivity index (χ3v) is 4.17. The zero-order valence-corrected chi connectivity index (χ0v) is 15.1. The van der Waals surface area contributed by atoms with Crippen molar-refractivity contribution in [2.24, 2.45) is 5.92 Å². The molecule has 0 aliphatic heterocycles. The van der Waals surface area contributed by atoms with Crippen LogP contribution in [0.2, 0.25) is 0 Å². The monoisotopic (exact) mass is 346 g/mol. The summed E-state index contributed by atoms with van der Waals surface area (Å²) in [4.78, 5) is 23.9. The molecule has 0 saturated heterocycles. The van der Waals surface area contributed by atoms with Gasteiger partial charge in [0.05, 0.1) is 0 Å². The van der Waals surface area contributed by atoms with E-state index in [4.69, 9.17) is 0 Å². The number of nitrogens with zero attached hydrogens (tertiary/aromatic N) is 2. The number of rotatable bonds is 6. The van der Waals surface area contributed by atoms with E-state index in [2.05, 4.69) is 20.8 Å². The Balaban J connectivity index is 1.96. The van der Waals surface area contributed by atoms with Crippen LogP contribution >= 0.6 is 11.3 Å². The van der Waals surface area contributed by atoms with E-state index in [1.165, 1.54) is 11.3 Å². The molecule has 2 aromatic rings. The lowest BCUT2D eigenvalue weighted by Crippen LogP contribution is -2.41. The molecule has 0 saturated carbocycles. The number of aromatic nitrogens is 2. The minimum absolute atomic E-state index is 0.134. The van der Waals surface area contributed by atoms with Gasteiger partial charge in [0.1, 0.15) is 11.0 Å². The Kier molecular flexibility index (Phi) is 6.03. The zero-order chi connectivity index (χ0) is 17.7. The van der Waals surface area contributed by atoms with Gasteiger partial charge in [-0.15, -0.1) is 10.2 Å². The first kappa shape index (κ1) is 18.1. The molecule has 2 N–H and O–H groups in total. The van der Waals surface area contributed by atoms with Crippen LogP contribution in [-0.4, -0.2) is 28.1 Å². The number of benzene rings is 1. The first-order chi connectivity index (χ1) is 11.3. The predicted molar refractivity (Wildman–Crippen MR) is 95.8 cm³/mol. The van der Waals surface area contributed by atoms with Gasteiger partial charge in [-0.25, -0.2) is 0 Å². The molecular formula is C17H22N4O2S. The highest BCUT2D eigenvalue weighted by molar-refractivity contribution is 7.18. The van der Waals surface area contributed by atoms with E-state index < -0.39 is 6.04 Å². The highest BCUT2D eigenvalue weighted by Gasteiger charge is 2.18. The first-order valence-electron chi connectivity index (χ1n) is 7.86. The molecule has 0 fully saturated rings. The second-order valence-electron chi connectivity index (χ2n) is 6.16. The number of carbonyl (C=O) groups is 2. The molecule has 128 valence electrons. The van der Waals surface area contributed by atoms with Gasteiger partial charge in [0.25, 0.3) is 0 Å². The van der Waals surface area contributed by atoms with Crippen molar-refractivity contribution < 1.29 is 9.59 Å². The maximum absolute atomic E-state index is 12.1. The van der Waals surface area contributed by atoms with Gasteiger partial charge in [-0.3, -0.25) is 14.9 Å². The van der Waals surface area contributed by atoms with Crippen LogP contribution in [0, 0.1) is 12.8 Å². The van der Waals surface area contributed by atoms with Gasteiger partial charge >= 0.3 is 0 Å². The number of hydrogen-bond acceptors (Lipinski definition) is 5. The molecule has 7 heteroatoms. The Labute approximate surface area is 145 Å². The average molecular weight is 346 g/mol. The highest BCUT2D eigenvalue weighted by atomic mass is 32.1. The minimum atomic E-state index is -0.623. The van der Waals surface area contributed by atoms with Crippen molar-refractivity contribution in [3.8, 4) is 10.6 Å². The number of anilines is 1. The standard InChI is InChI=1S/C17H22N4O2S/c1-10(2)8-14(22)18-12(4)15(23)19-17-21-20-16(24-17)13-7-5-6-11(3)9-13/h5-7,9-10,12H,8H2,1-4H3,(H,18,22)(H,19,21,23). The second kappa shape index (κ2) is 8.01. The molecule has 2 rings (SSSR count). The summed E-state index contributed by atoms with van der Waals surface area (Å²) < 4.78 is 0. The van der Waals surface area contributed by atoms with Crippen LogP contribution in [0.25, 0.3) is 10.6 Å². The minimum Gasteiger partial charge on any atom is -0.345 e. The Morgan fingerprint density at radius 3 is 2.62 bits per heavy atom. The van der Waals surface area contributed by atoms with E-state index in [-0.39, 0.29) is 17.7 Å². The summed E-state index contributed by atoms with van der Waals surface area (Å²) in [6, 6.07) is 7.31. The van der Waals surface area contributed by atoms with Gasteiger partial charge in [0.2, 0.25) is 16.9 Å². The van der Waals surface area contributed by atoms with E-state index in [0.29, 0.717) is 11.6 Å². The van der Waals surface area contributed by atoms with Crippen molar-refractivity contribution in [1.82, 2.24) is 15.5 Å². The van der Waals surface area contributed by atoms with E-state index in [0.717, 1.165) is 16.1 Å². The number of hydrogen-bond donors (Lipinski definition) is 2.